The van der Waals surface area contributed by atoms with E-state index in [1.54, 1.807) is 29.2 Å². The lowest BCUT2D eigenvalue weighted by atomic mass is 9.98. The lowest BCUT2D eigenvalue weighted by Gasteiger charge is -2.31. The molecule has 1 aliphatic rings. The van der Waals surface area contributed by atoms with Crippen LogP contribution in [0, 0.1) is 18.7 Å². The van der Waals surface area contributed by atoms with Crippen LogP contribution in [0.15, 0.2) is 36.4 Å². The molecule has 1 atom stereocenters. The Balaban J connectivity index is 1.65. The highest BCUT2D eigenvalue weighted by Crippen LogP contribution is 2.31. The minimum atomic E-state index is -0.293. The van der Waals surface area contributed by atoms with Crippen molar-refractivity contribution in [1.29, 1.82) is 0 Å². The summed E-state index contributed by atoms with van der Waals surface area (Å²) in [6, 6.07) is 10.4. The van der Waals surface area contributed by atoms with Crippen molar-refractivity contribution in [2.24, 2.45) is 5.92 Å². The average Bonchev–Trinajstić information content (AvgIpc) is 3.25. The van der Waals surface area contributed by atoms with E-state index in [4.69, 9.17) is 4.74 Å². The summed E-state index contributed by atoms with van der Waals surface area (Å²) in [5.74, 6) is -0.903. The van der Waals surface area contributed by atoms with E-state index < -0.39 is 0 Å². The van der Waals surface area contributed by atoms with Gasteiger partial charge in [-0.2, -0.15) is 0 Å². The number of hydrogen-bond donors (Lipinski definition) is 0. The van der Waals surface area contributed by atoms with Gasteiger partial charge in [0.1, 0.15) is 11.5 Å². The van der Waals surface area contributed by atoms with Gasteiger partial charge in [0.05, 0.1) is 22.7 Å². The Bertz CT molecular complexity index is 1090. The molecule has 7 heteroatoms. The molecule has 0 unspecified atom stereocenters. The molecule has 5 nitrogen and oxygen atoms in total. The normalized spacial score (nSPS) is 16.8. The lowest BCUT2D eigenvalue weighted by molar-refractivity contribution is -0.149. The number of ether oxygens (including phenoxy) is 1. The molecule has 0 saturated carbocycles. The van der Waals surface area contributed by atoms with E-state index in [1.165, 1.54) is 12.1 Å². The standard InChI is InChI=1S/C23H25FN2O3S/c1-3-29-23(28)17-7-5-9-25(14-17)22(27)20-12-21-19(10-15(2)30-21)26(20)13-16-6-4-8-18(24)11-16/h4,6,8,10-12,17H,3,5,7,9,13-14H2,1-2H3/t17-/m0/s1. The average molecular weight is 429 g/mol. The van der Waals surface area contributed by atoms with Gasteiger partial charge in [-0.15, -0.1) is 11.3 Å². The lowest BCUT2D eigenvalue weighted by Crippen LogP contribution is -2.43. The molecule has 1 aromatic carbocycles. The smallest absolute Gasteiger partial charge is 0.310 e. The number of likely N-dealkylation sites (tertiary alicyclic amines) is 1. The van der Waals surface area contributed by atoms with Crippen LogP contribution in [0.2, 0.25) is 0 Å². The van der Waals surface area contributed by atoms with Gasteiger partial charge in [-0.25, -0.2) is 4.39 Å². The summed E-state index contributed by atoms with van der Waals surface area (Å²) in [6.07, 6.45) is 1.51. The maximum Gasteiger partial charge on any atom is 0.310 e. The number of piperidine rings is 1. The predicted molar refractivity (Wildman–Crippen MR) is 115 cm³/mol. The number of aromatic nitrogens is 1. The van der Waals surface area contributed by atoms with E-state index in [0.29, 0.717) is 31.9 Å². The Morgan fingerprint density at radius 2 is 2.10 bits per heavy atom. The number of thiophene rings is 1. The van der Waals surface area contributed by atoms with Crippen LogP contribution in [-0.4, -0.2) is 41.0 Å². The third-order valence-corrected chi connectivity index (χ3v) is 6.48. The first-order valence-corrected chi connectivity index (χ1v) is 11.1. The van der Waals surface area contributed by atoms with Crippen LogP contribution in [0.1, 0.15) is 40.7 Å². The van der Waals surface area contributed by atoms with Gasteiger partial charge in [-0.3, -0.25) is 9.59 Å². The molecule has 0 spiro atoms. The number of fused-ring (bicyclic) bond motifs is 1. The molecule has 0 bridgehead atoms. The maximum absolute atomic E-state index is 13.7. The highest BCUT2D eigenvalue weighted by molar-refractivity contribution is 7.19. The van der Waals surface area contributed by atoms with Crippen molar-refractivity contribution in [3.8, 4) is 0 Å². The molecule has 1 saturated heterocycles. The number of carbonyl (C=O) groups excluding carboxylic acids is 2. The highest BCUT2D eigenvalue weighted by Gasteiger charge is 2.31. The van der Waals surface area contributed by atoms with Gasteiger partial charge in [-0.1, -0.05) is 12.1 Å². The molecule has 0 N–H and O–H groups in total. The van der Waals surface area contributed by atoms with Gasteiger partial charge in [0.15, 0.2) is 0 Å². The molecule has 1 amide bonds. The van der Waals surface area contributed by atoms with E-state index in [1.807, 2.05) is 23.6 Å². The Morgan fingerprint density at radius 1 is 1.27 bits per heavy atom. The maximum atomic E-state index is 13.7. The summed E-state index contributed by atoms with van der Waals surface area (Å²) in [6.45, 7) is 5.57. The largest absolute Gasteiger partial charge is 0.466 e. The summed E-state index contributed by atoms with van der Waals surface area (Å²) >= 11 is 1.64. The van der Waals surface area contributed by atoms with Crippen LogP contribution in [-0.2, 0) is 16.1 Å². The Labute approximate surface area is 179 Å². The molecular weight excluding hydrogens is 403 g/mol. The van der Waals surface area contributed by atoms with Crippen LogP contribution in [0.3, 0.4) is 0 Å². The van der Waals surface area contributed by atoms with E-state index in [9.17, 15) is 14.0 Å². The van der Waals surface area contributed by atoms with Crippen molar-refractivity contribution in [1.82, 2.24) is 9.47 Å². The van der Waals surface area contributed by atoms with Gasteiger partial charge in [0, 0.05) is 24.5 Å². The molecule has 158 valence electrons. The quantitative estimate of drug-likeness (QED) is 0.558. The monoisotopic (exact) mass is 428 g/mol. The van der Waals surface area contributed by atoms with Crippen LogP contribution in [0.4, 0.5) is 4.39 Å². The van der Waals surface area contributed by atoms with Crippen molar-refractivity contribution in [2.75, 3.05) is 19.7 Å². The van der Waals surface area contributed by atoms with Gasteiger partial charge in [0.25, 0.3) is 5.91 Å². The summed E-state index contributed by atoms with van der Waals surface area (Å²) in [4.78, 5) is 28.5. The number of esters is 1. The molecule has 30 heavy (non-hydrogen) atoms. The first kappa shape index (κ1) is 20.6. The predicted octanol–water partition coefficient (Wildman–Crippen LogP) is 4.61. The van der Waals surface area contributed by atoms with Crippen molar-refractivity contribution in [2.45, 2.75) is 33.2 Å². The SMILES string of the molecule is CCOC(=O)[C@H]1CCCN(C(=O)c2cc3sc(C)cc3n2Cc2cccc(F)c2)C1. The van der Waals surface area contributed by atoms with Gasteiger partial charge in [0.2, 0.25) is 0 Å². The molecule has 3 heterocycles. The van der Waals surface area contributed by atoms with Crippen molar-refractivity contribution in [3.63, 3.8) is 0 Å². The number of nitrogens with zero attached hydrogens (tertiary/aromatic N) is 2. The minimum Gasteiger partial charge on any atom is -0.466 e. The number of rotatable bonds is 5. The molecule has 1 fully saturated rings. The first-order valence-electron chi connectivity index (χ1n) is 10.3. The fraction of sp³-hybridized carbons (Fsp3) is 0.391. The zero-order valence-corrected chi connectivity index (χ0v) is 18.0. The summed E-state index contributed by atoms with van der Waals surface area (Å²) in [5.41, 5.74) is 2.35. The highest BCUT2D eigenvalue weighted by atomic mass is 32.1. The van der Waals surface area contributed by atoms with Gasteiger partial charge in [-0.05, 0) is 56.5 Å². The summed E-state index contributed by atoms with van der Waals surface area (Å²) in [5, 5.41) is 0. The van der Waals surface area contributed by atoms with Crippen molar-refractivity contribution < 1.29 is 18.7 Å². The summed E-state index contributed by atoms with van der Waals surface area (Å²) < 4.78 is 21.9. The number of benzene rings is 1. The first-order chi connectivity index (χ1) is 14.5. The third kappa shape index (κ3) is 4.12. The van der Waals surface area contributed by atoms with Crippen LogP contribution in [0.5, 0.6) is 0 Å². The zero-order valence-electron chi connectivity index (χ0n) is 17.2. The zero-order chi connectivity index (χ0) is 21.3. The van der Waals surface area contributed by atoms with E-state index in [2.05, 4.69) is 6.07 Å². The number of halogens is 1. The van der Waals surface area contributed by atoms with Crippen molar-refractivity contribution in [3.05, 3.63) is 58.3 Å². The van der Waals surface area contributed by atoms with E-state index >= 15 is 0 Å². The topological polar surface area (TPSA) is 51.5 Å². The number of carbonyl (C=O) groups is 2. The molecule has 3 aromatic rings. The molecule has 2 aromatic heterocycles. The van der Waals surface area contributed by atoms with Crippen LogP contribution >= 0.6 is 11.3 Å². The second-order valence-electron chi connectivity index (χ2n) is 7.69. The molecule has 0 aliphatic carbocycles. The number of aryl methyl sites for hydroxylation is 1. The second kappa shape index (κ2) is 8.60. The molecule has 0 radical (unpaired) electrons. The van der Waals surface area contributed by atoms with Crippen molar-refractivity contribution >= 4 is 33.4 Å². The van der Waals surface area contributed by atoms with Gasteiger partial charge >= 0.3 is 5.97 Å². The third-order valence-electron chi connectivity index (χ3n) is 5.49. The number of hydrogen-bond acceptors (Lipinski definition) is 4. The van der Waals surface area contributed by atoms with Crippen LogP contribution < -0.4 is 0 Å². The number of amides is 1. The Kier molecular flexibility index (Phi) is 5.90. The van der Waals surface area contributed by atoms with E-state index in [0.717, 1.165) is 33.5 Å². The fourth-order valence-corrected chi connectivity index (χ4v) is 5.07. The molecule has 4 rings (SSSR count). The van der Waals surface area contributed by atoms with Crippen LogP contribution in [0.25, 0.3) is 10.2 Å². The molecule has 1 aliphatic heterocycles. The van der Waals surface area contributed by atoms with Gasteiger partial charge < -0.3 is 14.2 Å². The fourth-order valence-electron chi connectivity index (χ4n) is 4.11. The van der Waals surface area contributed by atoms with E-state index in [-0.39, 0.29) is 23.6 Å². The second-order valence-corrected chi connectivity index (χ2v) is 8.98. The minimum absolute atomic E-state index is 0.0959. The summed E-state index contributed by atoms with van der Waals surface area (Å²) in [7, 11) is 0. The Hall–Kier alpha value is -2.67. The molecular formula is C23H25FN2O3S. The Morgan fingerprint density at radius 3 is 2.87 bits per heavy atom.